The fraction of sp³-hybridized carbons (Fsp3) is 0.562. The molecule has 1 amide bonds. The first-order valence-electron chi connectivity index (χ1n) is 7.62. The minimum atomic E-state index is -0.818. The molecule has 8 nitrogen and oxygen atoms in total. The second-order valence-corrected chi connectivity index (χ2v) is 6.47. The van der Waals surface area contributed by atoms with Crippen molar-refractivity contribution in [3.8, 4) is 0 Å². The van der Waals surface area contributed by atoms with Crippen molar-refractivity contribution in [1.82, 2.24) is 5.32 Å². The number of ether oxygens (including phenoxy) is 1. The highest BCUT2D eigenvalue weighted by Gasteiger charge is 2.27. The standard InChI is InChI=1S/C16H24N2O6/c1-16(2,3)24-8-10(17)15(23)18-6-4-5-9-13(21)11(19)7-12(20)14(9)22/h7,10,19,22H,4-6,8,17H2,1-3H3,(H,18,23)/t10-/m0/s1. The number of hydrogen-bond donors (Lipinski definition) is 4. The summed E-state index contributed by atoms with van der Waals surface area (Å²) in [5, 5.41) is 21.5. The number of rotatable bonds is 7. The Morgan fingerprint density at radius 2 is 1.96 bits per heavy atom. The summed E-state index contributed by atoms with van der Waals surface area (Å²) in [6, 6.07) is -0.818. The van der Waals surface area contributed by atoms with Crippen molar-refractivity contribution in [2.24, 2.45) is 5.73 Å². The SMILES string of the molecule is CC(C)(C)OC[C@H](N)C(=O)NCCCC1=C(O)C(=O)C=C(O)C1=O. The molecular formula is C16H24N2O6. The van der Waals surface area contributed by atoms with Gasteiger partial charge in [0.05, 0.1) is 12.2 Å². The number of carbonyl (C=O) groups excluding carboxylic acids is 3. The molecule has 0 bridgehead atoms. The van der Waals surface area contributed by atoms with E-state index in [0.717, 1.165) is 0 Å². The maximum Gasteiger partial charge on any atom is 0.239 e. The number of nitrogens with one attached hydrogen (secondary N) is 1. The lowest BCUT2D eigenvalue weighted by molar-refractivity contribution is -0.125. The third-order valence-electron chi connectivity index (χ3n) is 3.23. The first kappa shape index (κ1) is 19.9. The van der Waals surface area contributed by atoms with Crippen LogP contribution < -0.4 is 11.1 Å². The van der Waals surface area contributed by atoms with Gasteiger partial charge in [-0.15, -0.1) is 0 Å². The summed E-state index contributed by atoms with van der Waals surface area (Å²) in [7, 11) is 0. The molecule has 0 heterocycles. The molecule has 0 saturated carbocycles. The van der Waals surface area contributed by atoms with Gasteiger partial charge >= 0.3 is 0 Å². The maximum absolute atomic E-state index is 11.8. The summed E-state index contributed by atoms with van der Waals surface area (Å²) < 4.78 is 5.42. The molecule has 1 atom stereocenters. The fourth-order valence-corrected chi connectivity index (χ4v) is 1.92. The van der Waals surface area contributed by atoms with Crippen LogP contribution in [0.15, 0.2) is 23.2 Å². The molecule has 0 spiro atoms. The van der Waals surface area contributed by atoms with Crippen LogP contribution >= 0.6 is 0 Å². The predicted molar refractivity (Wildman–Crippen MR) is 86.3 cm³/mol. The monoisotopic (exact) mass is 340 g/mol. The number of amides is 1. The molecule has 5 N–H and O–H groups in total. The van der Waals surface area contributed by atoms with Crippen LogP contribution in [0.3, 0.4) is 0 Å². The van der Waals surface area contributed by atoms with Gasteiger partial charge in [-0.1, -0.05) is 0 Å². The zero-order chi connectivity index (χ0) is 18.5. The molecule has 8 heteroatoms. The van der Waals surface area contributed by atoms with Gasteiger partial charge in [-0.2, -0.15) is 0 Å². The smallest absolute Gasteiger partial charge is 0.239 e. The highest BCUT2D eigenvalue weighted by molar-refractivity contribution is 6.20. The summed E-state index contributed by atoms with van der Waals surface area (Å²) in [6.45, 7) is 5.83. The second-order valence-electron chi connectivity index (χ2n) is 6.47. The van der Waals surface area contributed by atoms with Crippen LogP contribution in [-0.2, 0) is 19.1 Å². The molecule has 24 heavy (non-hydrogen) atoms. The van der Waals surface area contributed by atoms with E-state index in [0.29, 0.717) is 12.5 Å². The first-order valence-corrected chi connectivity index (χ1v) is 7.62. The number of nitrogens with two attached hydrogens (primary N) is 1. The van der Waals surface area contributed by atoms with Crippen LogP contribution in [-0.4, -0.2) is 52.5 Å². The summed E-state index contributed by atoms with van der Waals surface area (Å²) in [5.74, 6) is -3.36. The number of aliphatic hydroxyl groups is 2. The van der Waals surface area contributed by atoms with E-state index in [-0.39, 0.29) is 25.1 Å². The molecule has 1 rings (SSSR count). The van der Waals surface area contributed by atoms with E-state index < -0.39 is 40.6 Å². The third-order valence-corrected chi connectivity index (χ3v) is 3.23. The summed E-state index contributed by atoms with van der Waals surface area (Å²) in [6.07, 6.45) is 1.02. The summed E-state index contributed by atoms with van der Waals surface area (Å²) in [5.41, 5.74) is 5.15. The Balaban J connectivity index is 2.40. The van der Waals surface area contributed by atoms with Gasteiger partial charge in [0.25, 0.3) is 0 Å². The lowest BCUT2D eigenvalue weighted by atomic mass is 9.96. The Kier molecular flexibility index (Phi) is 6.68. The quantitative estimate of drug-likeness (QED) is 0.389. The van der Waals surface area contributed by atoms with Crippen molar-refractivity contribution in [2.45, 2.75) is 45.3 Å². The number of carbonyl (C=O) groups is 3. The zero-order valence-electron chi connectivity index (χ0n) is 14.1. The highest BCUT2D eigenvalue weighted by atomic mass is 16.5. The molecule has 0 unspecified atom stereocenters. The summed E-state index contributed by atoms with van der Waals surface area (Å²) in [4.78, 5) is 34.8. The van der Waals surface area contributed by atoms with E-state index in [9.17, 15) is 24.6 Å². The van der Waals surface area contributed by atoms with Crippen molar-refractivity contribution < 1.29 is 29.3 Å². The van der Waals surface area contributed by atoms with Crippen LogP contribution in [0.1, 0.15) is 33.6 Å². The largest absolute Gasteiger partial charge is 0.504 e. The summed E-state index contributed by atoms with van der Waals surface area (Å²) >= 11 is 0. The Labute approximate surface area is 140 Å². The number of allylic oxidation sites excluding steroid dienone is 2. The molecule has 0 aromatic rings. The van der Waals surface area contributed by atoms with Crippen LogP contribution in [0.4, 0.5) is 0 Å². The van der Waals surface area contributed by atoms with Crippen LogP contribution in [0.2, 0.25) is 0 Å². The Bertz CT molecular complexity index is 586. The van der Waals surface area contributed by atoms with E-state index in [1.165, 1.54) is 0 Å². The van der Waals surface area contributed by atoms with Gasteiger partial charge in [-0.25, -0.2) is 0 Å². The lowest BCUT2D eigenvalue weighted by Gasteiger charge is -2.22. The fourth-order valence-electron chi connectivity index (χ4n) is 1.92. The Morgan fingerprint density at radius 1 is 1.33 bits per heavy atom. The molecule has 0 saturated heterocycles. The molecule has 0 radical (unpaired) electrons. The van der Waals surface area contributed by atoms with Gasteiger partial charge in [0.1, 0.15) is 6.04 Å². The zero-order valence-corrected chi connectivity index (χ0v) is 14.1. The predicted octanol–water partition coefficient (Wildman–Crippen LogP) is 0.431. The molecule has 1 aliphatic rings. The normalized spacial score (nSPS) is 16.9. The van der Waals surface area contributed by atoms with Gasteiger partial charge in [0, 0.05) is 18.2 Å². The van der Waals surface area contributed by atoms with Crippen molar-refractivity contribution in [3.63, 3.8) is 0 Å². The molecule has 0 aliphatic heterocycles. The van der Waals surface area contributed by atoms with Crippen molar-refractivity contribution in [1.29, 1.82) is 0 Å². The van der Waals surface area contributed by atoms with Gasteiger partial charge in [0.2, 0.25) is 17.5 Å². The highest BCUT2D eigenvalue weighted by Crippen LogP contribution is 2.20. The lowest BCUT2D eigenvalue weighted by Crippen LogP contribution is -2.45. The Hall–Kier alpha value is -2.19. The number of hydrogen-bond acceptors (Lipinski definition) is 7. The van der Waals surface area contributed by atoms with Gasteiger partial charge in [-0.05, 0) is 33.6 Å². The van der Waals surface area contributed by atoms with E-state index in [4.69, 9.17) is 10.5 Å². The maximum atomic E-state index is 11.8. The van der Waals surface area contributed by atoms with Crippen LogP contribution in [0.25, 0.3) is 0 Å². The molecule has 0 aromatic carbocycles. The average Bonchev–Trinajstić information content (AvgIpc) is 2.48. The number of Topliss-reactive ketones (excluding diaryl/α,β-unsaturated/α-hetero) is 1. The number of aliphatic hydroxyl groups excluding tert-OH is 2. The topological polar surface area (TPSA) is 139 Å². The number of ketones is 2. The van der Waals surface area contributed by atoms with Crippen molar-refractivity contribution in [2.75, 3.05) is 13.2 Å². The minimum absolute atomic E-state index is 0.0440. The molecule has 0 fully saturated rings. The van der Waals surface area contributed by atoms with E-state index in [2.05, 4.69) is 5.32 Å². The molecule has 1 aliphatic carbocycles. The van der Waals surface area contributed by atoms with E-state index >= 15 is 0 Å². The molecular weight excluding hydrogens is 316 g/mol. The van der Waals surface area contributed by atoms with Gasteiger partial charge in [-0.3, -0.25) is 14.4 Å². The van der Waals surface area contributed by atoms with Crippen molar-refractivity contribution in [3.05, 3.63) is 23.2 Å². The molecule has 0 aromatic heterocycles. The van der Waals surface area contributed by atoms with Crippen molar-refractivity contribution >= 4 is 17.5 Å². The van der Waals surface area contributed by atoms with Gasteiger partial charge < -0.3 is 26.0 Å². The van der Waals surface area contributed by atoms with Crippen LogP contribution in [0.5, 0.6) is 0 Å². The van der Waals surface area contributed by atoms with Gasteiger partial charge in [0.15, 0.2) is 11.5 Å². The van der Waals surface area contributed by atoms with E-state index in [1.54, 1.807) is 0 Å². The minimum Gasteiger partial charge on any atom is -0.504 e. The van der Waals surface area contributed by atoms with E-state index in [1.807, 2.05) is 20.8 Å². The first-order chi connectivity index (χ1) is 11.0. The third kappa shape index (κ3) is 5.78. The Morgan fingerprint density at radius 3 is 2.54 bits per heavy atom. The second kappa shape index (κ2) is 8.07. The average molecular weight is 340 g/mol. The van der Waals surface area contributed by atoms with Crippen LogP contribution in [0, 0.1) is 0 Å². The molecule has 134 valence electrons.